The van der Waals surface area contributed by atoms with Crippen molar-refractivity contribution < 1.29 is 9.53 Å². The summed E-state index contributed by atoms with van der Waals surface area (Å²) in [6, 6.07) is 8.48. The molecule has 0 saturated carbocycles. The maximum absolute atomic E-state index is 10.9. The molecular formula is C15H22N2O2S. The lowest BCUT2D eigenvalue weighted by atomic mass is 10.1. The third-order valence-corrected chi connectivity index (χ3v) is 4.03. The SMILES string of the molecule is CC(C)(C)NCc1cccc(SCC2CNC(=O)O2)c1. The summed E-state index contributed by atoms with van der Waals surface area (Å²) in [5, 5.41) is 6.15. The molecular weight excluding hydrogens is 272 g/mol. The number of benzene rings is 1. The first kappa shape index (κ1) is 15.2. The van der Waals surface area contributed by atoms with Crippen LogP contribution in [0.25, 0.3) is 0 Å². The summed E-state index contributed by atoms with van der Waals surface area (Å²) in [5.74, 6) is 0.787. The van der Waals surface area contributed by atoms with Crippen molar-refractivity contribution in [1.82, 2.24) is 10.6 Å². The summed E-state index contributed by atoms with van der Waals surface area (Å²) in [7, 11) is 0. The standard InChI is InChI=1S/C15H22N2O2S/c1-15(2,3)17-8-11-5-4-6-13(7-11)20-10-12-9-16-14(18)19-12/h4-7,12,17H,8-10H2,1-3H3,(H,16,18). The average Bonchev–Trinajstić information content (AvgIpc) is 2.80. The first-order chi connectivity index (χ1) is 9.42. The molecule has 1 heterocycles. The summed E-state index contributed by atoms with van der Waals surface area (Å²) in [5.41, 5.74) is 1.39. The van der Waals surface area contributed by atoms with Gasteiger partial charge in [-0.1, -0.05) is 12.1 Å². The molecule has 2 N–H and O–H groups in total. The van der Waals surface area contributed by atoms with Gasteiger partial charge in [-0.05, 0) is 38.5 Å². The number of carbonyl (C=O) groups excluding carboxylic acids is 1. The molecule has 1 aliphatic rings. The largest absolute Gasteiger partial charge is 0.443 e. The van der Waals surface area contributed by atoms with Crippen LogP contribution in [-0.2, 0) is 11.3 Å². The van der Waals surface area contributed by atoms with Crippen LogP contribution in [-0.4, -0.2) is 30.0 Å². The molecule has 5 heteroatoms. The highest BCUT2D eigenvalue weighted by Crippen LogP contribution is 2.22. The summed E-state index contributed by atoms with van der Waals surface area (Å²) >= 11 is 1.72. The van der Waals surface area contributed by atoms with Crippen molar-refractivity contribution in [2.45, 2.75) is 43.9 Å². The highest BCUT2D eigenvalue weighted by atomic mass is 32.2. The van der Waals surface area contributed by atoms with Crippen LogP contribution in [0.2, 0.25) is 0 Å². The molecule has 1 aliphatic heterocycles. The number of thioether (sulfide) groups is 1. The Morgan fingerprint density at radius 1 is 1.45 bits per heavy atom. The monoisotopic (exact) mass is 294 g/mol. The number of ether oxygens (including phenoxy) is 1. The first-order valence-corrected chi connectivity index (χ1v) is 7.82. The molecule has 0 aliphatic carbocycles. The molecule has 0 aromatic heterocycles. The van der Waals surface area contributed by atoms with Gasteiger partial charge in [0.05, 0.1) is 6.54 Å². The fourth-order valence-corrected chi connectivity index (χ4v) is 2.80. The van der Waals surface area contributed by atoms with Gasteiger partial charge >= 0.3 is 6.09 Å². The van der Waals surface area contributed by atoms with E-state index in [4.69, 9.17) is 4.74 Å². The number of rotatable bonds is 5. The number of nitrogens with one attached hydrogen (secondary N) is 2. The predicted octanol–water partition coefficient (Wildman–Crippen LogP) is 2.78. The fraction of sp³-hybridized carbons (Fsp3) is 0.533. The summed E-state index contributed by atoms with van der Waals surface area (Å²) in [6.45, 7) is 7.95. The summed E-state index contributed by atoms with van der Waals surface area (Å²) in [6.07, 6.45) is -0.331. The Morgan fingerprint density at radius 2 is 2.25 bits per heavy atom. The second-order valence-electron chi connectivity index (χ2n) is 5.97. The third-order valence-electron chi connectivity index (χ3n) is 2.90. The van der Waals surface area contributed by atoms with Gasteiger partial charge < -0.3 is 15.4 Å². The van der Waals surface area contributed by atoms with E-state index < -0.39 is 0 Å². The van der Waals surface area contributed by atoms with E-state index in [2.05, 4.69) is 55.7 Å². The Morgan fingerprint density at radius 3 is 2.90 bits per heavy atom. The highest BCUT2D eigenvalue weighted by molar-refractivity contribution is 7.99. The number of hydrogen-bond donors (Lipinski definition) is 2. The van der Waals surface area contributed by atoms with Crippen LogP contribution in [0.4, 0.5) is 4.79 Å². The summed E-state index contributed by atoms with van der Waals surface area (Å²) in [4.78, 5) is 12.2. The zero-order valence-corrected chi connectivity index (χ0v) is 13.0. The zero-order chi connectivity index (χ0) is 14.6. The molecule has 0 spiro atoms. The van der Waals surface area contributed by atoms with Crippen molar-refractivity contribution in [3.63, 3.8) is 0 Å². The normalized spacial score (nSPS) is 18.8. The van der Waals surface area contributed by atoms with Gasteiger partial charge in [-0.3, -0.25) is 0 Å². The van der Waals surface area contributed by atoms with Gasteiger partial charge in [0, 0.05) is 22.7 Å². The lowest BCUT2D eigenvalue weighted by Gasteiger charge is -2.20. The van der Waals surface area contributed by atoms with Crippen LogP contribution >= 0.6 is 11.8 Å². The molecule has 1 unspecified atom stereocenters. The van der Waals surface area contributed by atoms with Gasteiger partial charge in [-0.15, -0.1) is 11.8 Å². The Bertz CT molecular complexity index is 471. The molecule has 20 heavy (non-hydrogen) atoms. The molecule has 2 rings (SSSR count). The van der Waals surface area contributed by atoms with Gasteiger partial charge in [0.15, 0.2) is 0 Å². The topological polar surface area (TPSA) is 50.4 Å². The van der Waals surface area contributed by atoms with E-state index in [1.165, 1.54) is 10.5 Å². The molecule has 1 amide bonds. The van der Waals surface area contributed by atoms with Crippen LogP contribution < -0.4 is 10.6 Å². The van der Waals surface area contributed by atoms with Gasteiger partial charge in [-0.25, -0.2) is 4.79 Å². The number of amides is 1. The van der Waals surface area contributed by atoms with Crippen molar-refractivity contribution in [2.24, 2.45) is 0 Å². The van der Waals surface area contributed by atoms with E-state index in [9.17, 15) is 4.79 Å². The second-order valence-corrected chi connectivity index (χ2v) is 7.06. The minimum absolute atomic E-state index is 0.0242. The van der Waals surface area contributed by atoms with Crippen molar-refractivity contribution >= 4 is 17.9 Å². The van der Waals surface area contributed by atoms with Crippen molar-refractivity contribution in [2.75, 3.05) is 12.3 Å². The van der Waals surface area contributed by atoms with Crippen LogP contribution in [0.15, 0.2) is 29.2 Å². The molecule has 1 fully saturated rings. The molecule has 0 radical (unpaired) electrons. The quantitative estimate of drug-likeness (QED) is 0.820. The second kappa shape index (κ2) is 6.50. The number of cyclic esters (lactones) is 1. The Labute approximate surface area is 124 Å². The Hall–Kier alpha value is -1.20. The van der Waals surface area contributed by atoms with E-state index in [1.807, 2.05) is 0 Å². The summed E-state index contributed by atoms with van der Waals surface area (Å²) < 4.78 is 5.12. The van der Waals surface area contributed by atoms with E-state index >= 15 is 0 Å². The average molecular weight is 294 g/mol. The smallest absolute Gasteiger partial charge is 0.407 e. The fourth-order valence-electron chi connectivity index (χ4n) is 1.83. The minimum Gasteiger partial charge on any atom is -0.443 e. The van der Waals surface area contributed by atoms with Gasteiger partial charge in [0.2, 0.25) is 0 Å². The number of carbonyl (C=O) groups is 1. The molecule has 1 atom stereocenters. The number of alkyl carbamates (subject to hydrolysis) is 1. The van der Waals surface area contributed by atoms with E-state index in [1.54, 1.807) is 11.8 Å². The van der Waals surface area contributed by atoms with Crippen LogP contribution in [0.1, 0.15) is 26.3 Å². The van der Waals surface area contributed by atoms with Gasteiger partial charge in [-0.2, -0.15) is 0 Å². The van der Waals surface area contributed by atoms with Crippen LogP contribution in [0.3, 0.4) is 0 Å². The van der Waals surface area contributed by atoms with Crippen molar-refractivity contribution in [3.05, 3.63) is 29.8 Å². The van der Waals surface area contributed by atoms with Crippen molar-refractivity contribution in [1.29, 1.82) is 0 Å². The zero-order valence-electron chi connectivity index (χ0n) is 12.2. The number of hydrogen-bond acceptors (Lipinski definition) is 4. The Balaban J connectivity index is 1.84. The van der Waals surface area contributed by atoms with Crippen LogP contribution in [0, 0.1) is 0 Å². The minimum atomic E-state index is -0.307. The third kappa shape index (κ3) is 5.06. The lowest BCUT2D eigenvalue weighted by Crippen LogP contribution is -2.35. The highest BCUT2D eigenvalue weighted by Gasteiger charge is 2.22. The van der Waals surface area contributed by atoms with E-state index in [-0.39, 0.29) is 17.7 Å². The molecule has 0 bridgehead atoms. The maximum atomic E-state index is 10.9. The lowest BCUT2D eigenvalue weighted by molar-refractivity contribution is 0.150. The van der Waals surface area contributed by atoms with Gasteiger partial charge in [0.1, 0.15) is 6.10 Å². The van der Waals surface area contributed by atoms with Crippen LogP contribution in [0.5, 0.6) is 0 Å². The molecule has 1 saturated heterocycles. The maximum Gasteiger partial charge on any atom is 0.407 e. The van der Waals surface area contributed by atoms with Crippen molar-refractivity contribution in [3.8, 4) is 0 Å². The van der Waals surface area contributed by atoms with Gasteiger partial charge in [0.25, 0.3) is 0 Å². The van der Waals surface area contributed by atoms with E-state index in [0.717, 1.165) is 12.3 Å². The molecule has 110 valence electrons. The first-order valence-electron chi connectivity index (χ1n) is 6.84. The predicted molar refractivity (Wildman–Crippen MR) is 82.0 cm³/mol. The molecule has 1 aromatic carbocycles. The molecule has 4 nitrogen and oxygen atoms in total. The molecule has 1 aromatic rings. The van der Waals surface area contributed by atoms with E-state index in [0.29, 0.717) is 6.54 Å². The Kier molecular flexibility index (Phi) is 4.94.